The first-order chi connectivity index (χ1) is 10.1. The van der Waals surface area contributed by atoms with Crippen LogP contribution in [0.4, 0.5) is 5.82 Å². The first-order valence-corrected chi connectivity index (χ1v) is 6.66. The minimum atomic E-state index is -0.192. The quantitative estimate of drug-likeness (QED) is 0.813. The Balaban J connectivity index is 1.60. The molecule has 0 unspecified atom stereocenters. The molecule has 112 valence electrons. The highest BCUT2D eigenvalue weighted by atomic mass is 16.5. The van der Waals surface area contributed by atoms with Crippen LogP contribution in [0.25, 0.3) is 0 Å². The van der Waals surface area contributed by atoms with E-state index in [4.69, 9.17) is 8.94 Å². The lowest BCUT2D eigenvalue weighted by Gasteiger charge is -2.03. The van der Waals surface area contributed by atoms with Gasteiger partial charge in [-0.05, 0) is 25.5 Å². The van der Waals surface area contributed by atoms with Crippen molar-refractivity contribution in [1.82, 2.24) is 10.5 Å². The van der Waals surface area contributed by atoms with Crippen LogP contribution in [-0.2, 0) is 16.1 Å². The number of carbonyl (C=O) groups excluding carboxylic acids is 2. The maximum atomic E-state index is 11.6. The van der Waals surface area contributed by atoms with Crippen molar-refractivity contribution in [1.29, 1.82) is 0 Å². The van der Waals surface area contributed by atoms with Gasteiger partial charge in [-0.15, -0.1) is 0 Å². The molecule has 7 heteroatoms. The summed E-state index contributed by atoms with van der Waals surface area (Å²) in [5, 5.41) is 8.98. The summed E-state index contributed by atoms with van der Waals surface area (Å²) in [6.07, 6.45) is 2.55. The van der Waals surface area contributed by atoms with E-state index in [1.807, 2.05) is 0 Å². The molecule has 0 saturated heterocycles. The average Bonchev–Trinajstić information content (AvgIpc) is 3.08. The lowest BCUT2D eigenvalue weighted by Crippen LogP contribution is -2.22. The number of aromatic nitrogens is 1. The van der Waals surface area contributed by atoms with Gasteiger partial charge < -0.3 is 19.6 Å². The molecule has 2 aromatic heterocycles. The normalized spacial score (nSPS) is 10.3. The van der Waals surface area contributed by atoms with Crippen LogP contribution in [0.15, 0.2) is 33.4 Å². The monoisotopic (exact) mass is 291 g/mol. The third kappa shape index (κ3) is 5.13. The van der Waals surface area contributed by atoms with Crippen LogP contribution in [0.2, 0.25) is 0 Å². The maximum absolute atomic E-state index is 11.6. The lowest BCUT2D eigenvalue weighted by molar-refractivity contribution is -0.121. The summed E-state index contributed by atoms with van der Waals surface area (Å²) in [6, 6.07) is 5.18. The summed E-state index contributed by atoms with van der Waals surface area (Å²) in [5.74, 6) is 1.41. The van der Waals surface area contributed by atoms with Crippen molar-refractivity contribution < 1.29 is 18.5 Å². The van der Waals surface area contributed by atoms with E-state index >= 15 is 0 Å². The van der Waals surface area contributed by atoms with Crippen LogP contribution >= 0.6 is 0 Å². The smallest absolute Gasteiger partial charge is 0.225 e. The van der Waals surface area contributed by atoms with Gasteiger partial charge in [0.05, 0.1) is 12.8 Å². The molecule has 0 atom stereocenters. The zero-order valence-electron chi connectivity index (χ0n) is 11.7. The number of hydrogen-bond acceptors (Lipinski definition) is 5. The summed E-state index contributed by atoms with van der Waals surface area (Å²) < 4.78 is 9.94. The van der Waals surface area contributed by atoms with E-state index < -0.39 is 0 Å². The van der Waals surface area contributed by atoms with Crippen LogP contribution in [0.1, 0.15) is 30.8 Å². The molecule has 0 aliphatic carbocycles. The fraction of sp³-hybridized carbons (Fsp3) is 0.357. The average molecular weight is 291 g/mol. The summed E-state index contributed by atoms with van der Waals surface area (Å²) in [7, 11) is 0. The number of anilines is 1. The molecule has 2 heterocycles. The van der Waals surface area contributed by atoms with Gasteiger partial charge in [-0.2, -0.15) is 0 Å². The van der Waals surface area contributed by atoms with Gasteiger partial charge in [0.25, 0.3) is 0 Å². The van der Waals surface area contributed by atoms with Crippen molar-refractivity contribution in [2.75, 3.05) is 5.32 Å². The predicted octanol–water partition coefficient (Wildman–Crippen LogP) is 2.00. The van der Waals surface area contributed by atoms with Crippen molar-refractivity contribution in [2.24, 2.45) is 0 Å². The summed E-state index contributed by atoms with van der Waals surface area (Å²) in [4.78, 5) is 23.2. The highest BCUT2D eigenvalue weighted by molar-refractivity contribution is 5.90. The molecule has 0 fully saturated rings. The number of aryl methyl sites for hydroxylation is 1. The zero-order valence-corrected chi connectivity index (χ0v) is 11.7. The Kier molecular flexibility index (Phi) is 5.14. The van der Waals surface area contributed by atoms with E-state index in [1.165, 1.54) is 0 Å². The topological polar surface area (TPSA) is 97.4 Å². The van der Waals surface area contributed by atoms with Gasteiger partial charge >= 0.3 is 0 Å². The molecule has 0 bridgehead atoms. The van der Waals surface area contributed by atoms with Crippen LogP contribution in [0, 0.1) is 6.92 Å². The molecule has 0 aliphatic heterocycles. The molecule has 0 saturated carbocycles. The number of hydrogen-bond donors (Lipinski definition) is 2. The Labute approximate surface area is 121 Å². The molecule has 2 rings (SSSR count). The van der Waals surface area contributed by atoms with Crippen molar-refractivity contribution in [3.05, 3.63) is 36.0 Å². The fourth-order valence-electron chi connectivity index (χ4n) is 1.73. The fourth-order valence-corrected chi connectivity index (χ4v) is 1.73. The molecular formula is C14H17N3O4. The predicted molar refractivity (Wildman–Crippen MR) is 74.3 cm³/mol. The number of rotatable bonds is 7. The third-order valence-electron chi connectivity index (χ3n) is 2.74. The minimum absolute atomic E-state index is 0.114. The molecule has 0 aliphatic rings. The third-order valence-corrected chi connectivity index (χ3v) is 2.74. The second kappa shape index (κ2) is 7.28. The van der Waals surface area contributed by atoms with Crippen molar-refractivity contribution in [2.45, 2.75) is 32.7 Å². The van der Waals surface area contributed by atoms with E-state index in [-0.39, 0.29) is 24.7 Å². The van der Waals surface area contributed by atoms with Gasteiger partial charge in [0.15, 0.2) is 5.82 Å². The van der Waals surface area contributed by atoms with E-state index in [9.17, 15) is 9.59 Å². The highest BCUT2D eigenvalue weighted by Gasteiger charge is 2.08. The summed E-state index contributed by atoms with van der Waals surface area (Å²) in [5.41, 5.74) is 0. The van der Waals surface area contributed by atoms with Crippen molar-refractivity contribution in [3.8, 4) is 0 Å². The Hall–Kier alpha value is -2.57. The van der Waals surface area contributed by atoms with Crippen LogP contribution < -0.4 is 10.6 Å². The second-order valence-electron chi connectivity index (χ2n) is 4.58. The lowest BCUT2D eigenvalue weighted by atomic mass is 10.2. The van der Waals surface area contributed by atoms with Gasteiger partial charge in [-0.25, -0.2) is 0 Å². The van der Waals surface area contributed by atoms with E-state index in [0.717, 1.165) is 0 Å². The molecule has 2 N–H and O–H groups in total. The number of nitrogens with zero attached hydrogens (tertiary/aromatic N) is 1. The van der Waals surface area contributed by atoms with Crippen LogP contribution in [0.3, 0.4) is 0 Å². The van der Waals surface area contributed by atoms with E-state index in [2.05, 4.69) is 15.8 Å². The first-order valence-electron chi connectivity index (χ1n) is 6.66. The molecular weight excluding hydrogens is 274 g/mol. The SMILES string of the molecule is Cc1cc(NC(=O)CCCC(=O)NCc2ccco2)no1. The first kappa shape index (κ1) is 14.8. The van der Waals surface area contributed by atoms with Gasteiger partial charge in [-0.1, -0.05) is 5.16 Å². The molecule has 0 aromatic carbocycles. The van der Waals surface area contributed by atoms with Crippen LogP contribution in [0.5, 0.6) is 0 Å². The van der Waals surface area contributed by atoms with Gasteiger partial charge in [-0.3, -0.25) is 9.59 Å². The van der Waals surface area contributed by atoms with Crippen LogP contribution in [-0.4, -0.2) is 17.0 Å². The van der Waals surface area contributed by atoms with Gasteiger partial charge in [0.2, 0.25) is 11.8 Å². The molecule has 2 amide bonds. The Morgan fingerprint density at radius 3 is 2.76 bits per heavy atom. The molecule has 0 spiro atoms. The Bertz CT molecular complexity index is 589. The number of carbonyl (C=O) groups is 2. The Morgan fingerprint density at radius 2 is 2.10 bits per heavy atom. The summed E-state index contributed by atoms with van der Waals surface area (Å²) in [6.45, 7) is 2.10. The Morgan fingerprint density at radius 1 is 1.29 bits per heavy atom. The van der Waals surface area contributed by atoms with E-state index in [0.29, 0.717) is 30.3 Å². The molecule has 2 aromatic rings. The highest BCUT2D eigenvalue weighted by Crippen LogP contribution is 2.08. The van der Waals surface area contributed by atoms with Gasteiger partial charge in [0.1, 0.15) is 11.5 Å². The number of amides is 2. The van der Waals surface area contributed by atoms with Crippen molar-refractivity contribution in [3.63, 3.8) is 0 Å². The molecule has 7 nitrogen and oxygen atoms in total. The minimum Gasteiger partial charge on any atom is -0.467 e. The standard InChI is InChI=1S/C14H17N3O4/c1-10-8-12(17-21-10)16-14(19)6-2-5-13(18)15-9-11-4-3-7-20-11/h3-4,7-8H,2,5-6,9H2,1H3,(H,15,18)(H,16,17,19). The number of nitrogens with one attached hydrogen (secondary N) is 2. The van der Waals surface area contributed by atoms with Crippen molar-refractivity contribution >= 4 is 17.6 Å². The largest absolute Gasteiger partial charge is 0.467 e. The summed E-state index contributed by atoms with van der Waals surface area (Å²) >= 11 is 0. The second-order valence-corrected chi connectivity index (χ2v) is 4.58. The van der Waals surface area contributed by atoms with Gasteiger partial charge in [0, 0.05) is 18.9 Å². The molecule has 0 radical (unpaired) electrons. The van der Waals surface area contributed by atoms with E-state index in [1.54, 1.807) is 31.4 Å². The zero-order chi connectivity index (χ0) is 15.1. The maximum Gasteiger partial charge on any atom is 0.225 e. The molecule has 21 heavy (non-hydrogen) atoms. The number of furan rings is 1.